The monoisotopic (exact) mass is 404 g/mol. The number of fused-ring (bicyclic) bond motifs is 1. The lowest BCUT2D eigenvalue weighted by molar-refractivity contribution is 0.0903. The van der Waals surface area contributed by atoms with Crippen molar-refractivity contribution in [3.63, 3.8) is 0 Å². The average Bonchev–Trinajstić information content (AvgIpc) is 3.12. The highest BCUT2D eigenvalue weighted by molar-refractivity contribution is 6.31. The third-order valence-corrected chi connectivity index (χ3v) is 4.86. The Morgan fingerprint density at radius 1 is 1.36 bits per heavy atom. The molecule has 0 spiro atoms. The highest BCUT2D eigenvalue weighted by Crippen LogP contribution is 2.25. The summed E-state index contributed by atoms with van der Waals surface area (Å²) in [4.78, 5) is 11.8. The zero-order chi connectivity index (χ0) is 19.7. The molecule has 1 aliphatic rings. The van der Waals surface area contributed by atoms with E-state index in [1.807, 2.05) is 0 Å². The number of amidine groups is 1. The summed E-state index contributed by atoms with van der Waals surface area (Å²) in [5.74, 6) is -0.283. The molecule has 10 heteroatoms. The summed E-state index contributed by atoms with van der Waals surface area (Å²) >= 11 is 5.77. The number of hydroxylamine groups is 1. The van der Waals surface area contributed by atoms with E-state index in [9.17, 15) is 9.60 Å². The van der Waals surface area contributed by atoms with E-state index in [1.165, 1.54) is 18.3 Å². The molecule has 0 saturated carbocycles. The van der Waals surface area contributed by atoms with Gasteiger partial charge in [-0.25, -0.2) is 14.4 Å². The SMILES string of the molecule is N=C(c1ccnc2nc(NC3CCOCC3)[nH]c12)N(O)c1ccc(F)c(Cl)c1. The first-order chi connectivity index (χ1) is 13.5. The third kappa shape index (κ3) is 3.64. The molecule has 3 aromatic rings. The molecule has 1 aromatic carbocycles. The number of anilines is 2. The maximum atomic E-state index is 13.4. The van der Waals surface area contributed by atoms with Gasteiger partial charge in [-0.15, -0.1) is 0 Å². The van der Waals surface area contributed by atoms with Crippen LogP contribution in [0.5, 0.6) is 0 Å². The summed E-state index contributed by atoms with van der Waals surface area (Å²) in [6.45, 7) is 1.40. The van der Waals surface area contributed by atoms with Crippen LogP contribution in [0, 0.1) is 11.2 Å². The smallest absolute Gasteiger partial charge is 0.202 e. The van der Waals surface area contributed by atoms with Gasteiger partial charge in [0.05, 0.1) is 16.2 Å². The second-order valence-electron chi connectivity index (χ2n) is 6.43. The number of aromatic nitrogens is 3. The molecule has 2 aromatic heterocycles. The summed E-state index contributed by atoms with van der Waals surface area (Å²) in [5, 5.41) is 22.6. The maximum absolute atomic E-state index is 13.4. The molecule has 146 valence electrons. The fourth-order valence-corrected chi connectivity index (χ4v) is 3.25. The van der Waals surface area contributed by atoms with Crippen LogP contribution in [0.1, 0.15) is 18.4 Å². The van der Waals surface area contributed by atoms with E-state index in [-0.39, 0.29) is 22.6 Å². The number of halogens is 2. The second kappa shape index (κ2) is 7.70. The minimum Gasteiger partial charge on any atom is -0.381 e. The summed E-state index contributed by atoms with van der Waals surface area (Å²) < 4.78 is 18.7. The number of pyridine rings is 1. The molecule has 1 aliphatic heterocycles. The Morgan fingerprint density at radius 3 is 2.89 bits per heavy atom. The number of hydrogen-bond acceptors (Lipinski definition) is 6. The van der Waals surface area contributed by atoms with Crippen molar-refractivity contribution < 1.29 is 14.3 Å². The molecule has 4 rings (SSSR count). The van der Waals surface area contributed by atoms with Gasteiger partial charge in [0.1, 0.15) is 5.82 Å². The number of nitrogens with one attached hydrogen (secondary N) is 3. The van der Waals surface area contributed by atoms with Gasteiger partial charge in [-0.3, -0.25) is 10.6 Å². The first kappa shape index (κ1) is 18.6. The third-order valence-electron chi connectivity index (χ3n) is 4.57. The average molecular weight is 405 g/mol. The standard InChI is InChI=1S/C18H18ClFN6O2/c19-13-9-11(1-2-14(13)20)26(27)16(21)12-3-6-22-17-15(12)24-18(25-17)23-10-4-7-28-8-5-10/h1-3,6,9-10,21,27H,4-5,7-8H2,(H2,22,23,24,25). The minimum absolute atomic E-state index is 0.145. The first-order valence-corrected chi connectivity index (χ1v) is 9.12. The van der Waals surface area contributed by atoms with Crippen molar-refractivity contribution in [2.24, 2.45) is 0 Å². The van der Waals surface area contributed by atoms with E-state index in [2.05, 4.69) is 20.3 Å². The molecule has 0 atom stereocenters. The second-order valence-corrected chi connectivity index (χ2v) is 6.84. The Hall–Kier alpha value is -2.75. The van der Waals surface area contributed by atoms with Crippen molar-refractivity contribution in [2.75, 3.05) is 23.6 Å². The fourth-order valence-electron chi connectivity index (χ4n) is 3.07. The largest absolute Gasteiger partial charge is 0.381 e. The Kier molecular flexibility index (Phi) is 5.12. The number of benzene rings is 1. The van der Waals surface area contributed by atoms with Crippen LogP contribution in [0.4, 0.5) is 16.0 Å². The van der Waals surface area contributed by atoms with Gasteiger partial charge < -0.3 is 15.0 Å². The molecular weight excluding hydrogens is 387 g/mol. The normalized spacial score (nSPS) is 15.0. The lowest BCUT2D eigenvalue weighted by atomic mass is 10.1. The molecule has 0 unspecified atom stereocenters. The molecule has 0 bridgehead atoms. The van der Waals surface area contributed by atoms with Crippen LogP contribution in [-0.4, -0.2) is 45.3 Å². The molecule has 28 heavy (non-hydrogen) atoms. The van der Waals surface area contributed by atoms with Crippen molar-refractivity contribution in [2.45, 2.75) is 18.9 Å². The van der Waals surface area contributed by atoms with Gasteiger partial charge in [0.15, 0.2) is 11.5 Å². The van der Waals surface area contributed by atoms with Crippen molar-refractivity contribution in [3.8, 4) is 0 Å². The number of rotatable bonds is 4. The topological polar surface area (TPSA) is 110 Å². The summed E-state index contributed by atoms with van der Waals surface area (Å²) in [6, 6.07) is 5.54. The van der Waals surface area contributed by atoms with Gasteiger partial charge in [0.25, 0.3) is 0 Å². The Balaban J connectivity index is 1.62. The van der Waals surface area contributed by atoms with Gasteiger partial charge in [0, 0.05) is 31.0 Å². The van der Waals surface area contributed by atoms with Crippen molar-refractivity contribution in [3.05, 3.63) is 46.9 Å². The zero-order valence-electron chi connectivity index (χ0n) is 14.7. The van der Waals surface area contributed by atoms with Crippen LogP contribution in [0.3, 0.4) is 0 Å². The predicted molar refractivity (Wildman–Crippen MR) is 104 cm³/mol. The number of nitrogens with zero attached hydrogens (tertiary/aromatic N) is 3. The number of hydrogen-bond donors (Lipinski definition) is 4. The lowest BCUT2D eigenvalue weighted by Crippen LogP contribution is -2.28. The number of H-pyrrole nitrogens is 1. The van der Waals surface area contributed by atoms with E-state index >= 15 is 0 Å². The molecule has 0 radical (unpaired) electrons. The summed E-state index contributed by atoms with van der Waals surface area (Å²) in [7, 11) is 0. The number of aromatic amines is 1. The quantitative estimate of drug-likeness (QED) is 0.300. The van der Waals surface area contributed by atoms with Gasteiger partial charge >= 0.3 is 0 Å². The predicted octanol–water partition coefficient (Wildman–Crippen LogP) is 3.56. The van der Waals surface area contributed by atoms with Crippen LogP contribution in [0.25, 0.3) is 11.2 Å². The molecule has 0 aliphatic carbocycles. The number of imidazole rings is 1. The van der Waals surface area contributed by atoms with Crippen LogP contribution in [-0.2, 0) is 4.74 Å². The van der Waals surface area contributed by atoms with Gasteiger partial charge in [-0.2, -0.15) is 4.98 Å². The van der Waals surface area contributed by atoms with Crippen molar-refractivity contribution in [1.82, 2.24) is 15.0 Å². The maximum Gasteiger partial charge on any atom is 0.202 e. The van der Waals surface area contributed by atoms with Gasteiger partial charge in [-0.1, -0.05) is 11.6 Å². The van der Waals surface area contributed by atoms with E-state index in [4.69, 9.17) is 21.7 Å². The number of ether oxygens (including phenoxy) is 1. The van der Waals surface area contributed by atoms with Crippen molar-refractivity contribution >= 4 is 40.2 Å². The minimum atomic E-state index is -0.603. The Morgan fingerprint density at radius 2 is 2.14 bits per heavy atom. The molecule has 1 saturated heterocycles. The van der Waals surface area contributed by atoms with Gasteiger partial charge in [0.2, 0.25) is 5.95 Å². The Labute approximate surface area is 164 Å². The van der Waals surface area contributed by atoms with Gasteiger partial charge in [-0.05, 0) is 37.1 Å². The first-order valence-electron chi connectivity index (χ1n) is 8.75. The molecular formula is C18H18ClFN6O2. The highest BCUT2D eigenvalue weighted by Gasteiger charge is 2.20. The molecule has 3 heterocycles. The van der Waals surface area contributed by atoms with Crippen LogP contribution < -0.4 is 10.4 Å². The van der Waals surface area contributed by atoms with E-state index in [1.54, 1.807) is 6.07 Å². The zero-order valence-corrected chi connectivity index (χ0v) is 15.5. The molecule has 4 N–H and O–H groups in total. The van der Waals surface area contributed by atoms with Crippen LogP contribution in [0.2, 0.25) is 5.02 Å². The van der Waals surface area contributed by atoms with Crippen molar-refractivity contribution in [1.29, 1.82) is 5.41 Å². The van der Waals surface area contributed by atoms with Crippen LogP contribution in [0.15, 0.2) is 30.5 Å². The van der Waals surface area contributed by atoms with E-state index in [0.717, 1.165) is 18.9 Å². The molecule has 1 fully saturated rings. The van der Waals surface area contributed by atoms with E-state index in [0.29, 0.717) is 41.0 Å². The lowest BCUT2D eigenvalue weighted by Gasteiger charge is -2.22. The van der Waals surface area contributed by atoms with E-state index < -0.39 is 5.82 Å². The Bertz CT molecular complexity index is 1020. The molecule has 8 nitrogen and oxygen atoms in total. The summed E-state index contributed by atoms with van der Waals surface area (Å²) in [5.41, 5.74) is 1.48. The summed E-state index contributed by atoms with van der Waals surface area (Å²) in [6.07, 6.45) is 3.27. The molecule has 0 amide bonds. The highest BCUT2D eigenvalue weighted by atomic mass is 35.5. The van der Waals surface area contributed by atoms with Crippen LogP contribution >= 0.6 is 11.6 Å². The fraction of sp³-hybridized carbons (Fsp3) is 0.278.